The first-order chi connectivity index (χ1) is 3.81. The molecule has 0 aliphatic heterocycles. The van der Waals surface area contributed by atoms with Crippen molar-refractivity contribution >= 4 is 28.5 Å². The zero-order valence-electron chi connectivity index (χ0n) is 4.16. The van der Waals surface area contributed by atoms with Gasteiger partial charge in [-0.15, -0.1) is 0 Å². The molecule has 8 heavy (non-hydrogen) atoms. The van der Waals surface area contributed by atoms with Gasteiger partial charge < -0.3 is 0 Å². The maximum atomic E-state index is 10.4. The molecule has 0 unspecified atom stereocenters. The van der Waals surface area contributed by atoms with Gasteiger partial charge in [0.25, 0.3) is 0 Å². The fraction of sp³-hybridized carbons (Fsp3) is 0.250. The predicted molar refractivity (Wildman–Crippen MR) is 37.2 cm³/mol. The quantitative estimate of drug-likeness (QED) is 0.266. The van der Waals surface area contributed by atoms with E-state index < -0.39 is 0 Å². The summed E-state index contributed by atoms with van der Waals surface area (Å²) in [6, 6.07) is 0. The van der Waals surface area contributed by atoms with Crippen molar-refractivity contribution in [1.82, 2.24) is 3.53 Å². The van der Waals surface area contributed by atoms with E-state index in [9.17, 15) is 4.79 Å². The summed E-state index contributed by atoms with van der Waals surface area (Å²) in [7, 11) is 0. The van der Waals surface area contributed by atoms with E-state index in [0.29, 0.717) is 0 Å². The predicted octanol–water partition coefficient (Wildman–Crippen LogP) is -2.31. The van der Waals surface area contributed by atoms with Crippen LogP contribution in [0.2, 0.25) is 0 Å². The summed E-state index contributed by atoms with van der Waals surface area (Å²) in [6.07, 6.45) is 1.30. The van der Waals surface area contributed by atoms with E-state index in [-0.39, 0.29) is 27.4 Å². The molecule has 0 saturated carbocycles. The van der Waals surface area contributed by atoms with Crippen molar-refractivity contribution in [2.24, 2.45) is 0 Å². The van der Waals surface area contributed by atoms with Crippen LogP contribution in [-0.4, -0.2) is 8.34 Å². The number of hydrogen-bond donors (Lipinski definition) is 1. The molecule has 0 aromatic heterocycles. The number of halogens is 2. The Morgan fingerprint density at radius 3 is 3.00 bits per heavy atom. The van der Waals surface area contributed by atoms with Crippen LogP contribution in [0.1, 0.15) is 0 Å². The van der Waals surface area contributed by atoms with Crippen LogP contribution in [0, 0.1) is 0 Å². The number of rotatable bonds is 3. The zero-order chi connectivity index (χ0) is 6.41. The topological polar surface area (TPSA) is 29.1 Å². The molecule has 2 nitrogen and oxygen atoms in total. The Labute approximate surface area is 72.9 Å². The molecule has 1 N–H and O–H groups in total. The number of amides is 1. The fourth-order valence-electron chi connectivity index (χ4n) is 0.130. The van der Waals surface area contributed by atoms with E-state index in [1.54, 1.807) is 0 Å². The molecule has 0 spiro atoms. The van der Waals surface area contributed by atoms with Crippen molar-refractivity contribution in [1.29, 1.82) is 0 Å². The molecule has 0 aliphatic rings. The molecule has 0 aliphatic carbocycles. The van der Waals surface area contributed by atoms with Gasteiger partial charge in [0.2, 0.25) is 0 Å². The summed E-state index contributed by atoms with van der Waals surface area (Å²) in [5.74, 6) is -0.0468. The molecular weight excluding hydrogens is 332 g/mol. The number of nitrogens with one attached hydrogen (secondary N) is 1. The Bertz CT molecular complexity index is 94.0. The van der Waals surface area contributed by atoms with Crippen LogP contribution >= 0.6 is 22.6 Å². The number of carbonyl (C=O) groups is 1. The van der Waals surface area contributed by atoms with E-state index in [1.807, 2.05) is 0 Å². The standard InChI is InChI=1S/C4H6I2NO/c1-2-4(8)7-6-3-5/h2H,1,3H2,(H,7,8)/q-1. The monoisotopic (exact) mass is 338 g/mol. The average Bonchev–Trinajstić information content (AvgIpc) is 1.83. The third kappa shape index (κ3) is 4.82. The van der Waals surface area contributed by atoms with Gasteiger partial charge in [-0.3, -0.25) is 0 Å². The molecule has 1 amide bonds. The van der Waals surface area contributed by atoms with Crippen LogP contribution in [0.15, 0.2) is 12.7 Å². The molecule has 4 heteroatoms. The molecule has 0 rings (SSSR count). The minimum atomic E-state index is -0.103. The molecule has 0 fully saturated rings. The number of hydrogen-bond acceptors (Lipinski definition) is 1. The van der Waals surface area contributed by atoms with E-state index in [2.05, 4.69) is 32.7 Å². The van der Waals surface area contributed by atoms with E-state index in [1.165, 1.54) is 6.08 Å². The van der Waals surface area contributed by atoms with Gasteiger partial charge in [0.15, 0.2) is 0 Å². The summed E-state index contributed by atoms with van der Waals surface area (Å²) in [4.78, 5) is 10.4. The van der Waals surface area contributed by atoms with E-state index >= 15 is 0 Å². The minimum absolute atomic E-state index is 0.0468. The van der Waals surface area contributed by atoms with Gasteiger partial charge in [0.1, 0.15) is 0 Å². The van der Waals surface area contributed by atoms with Crippen LogP contribution in [0.25, 0.3) is 0 Å². The molecule has 0 aromatic rings. The summed E-state index contributed by atoms with van der Waals surface area (Å²) in [5.41, 5.74) is 0. The second kappa shape index (κ2) is 5.80. The first-order valence-corrected chi connectivity index (χ1v) is 6.00. The van der Waals surface area contributed by atoms with Gasteiger partial charge in [0, 0.05) is 0 Å². The molecule has 48 valence electrons. The molecule has 0 saturated heterocycles. The second-order valence-corrected chi connectivity index (χ2v) is 6.64. The van der Waals surface area contributed by atoms with Gasteiger partial charge in [-0.25, -0.2) is 0 Å². The van der Waals surface area contributed by atoms with Gasteiger partial charge in [-0.1, -0.05) is 0 Å². The summed E-state index contributed by atoms with van der Waals surface area (Å²) >= 11 is 2.13. The Balaban J connectivity index is 3.11. The maximum absolute atomic E-state index is 10.4. The van der Waals surface area contributed by atoms with Crippen LogP contribution < -0.4 is 25.0 Å². The van der Waals surface area contributed by atoms with Crippen LogP contribution in [0.4, 0.5) is 0 Å². The van der Waals surface area contributed by atoms with Crippen LogP contribution in [0.5, 0.6) is 0 Å². The number of carbonyl (C=O) groups excluding carboxylic acids is 1. The Hall–Kier alpha value is 0.670. The SMILES string of the molecule is C=CC(=O)N[I-]CI. The number of alkyl halides is 2. The van der Waals surface area contributed by atoms with Crippen molar-refractivity contribution in [2.75, 3.05) is 2.43 Å². The Morgan fingerprint density at radius 1 is 2.00 bits per heavy atom. The van der Waals surface area contributed by atoms with Gasteiger partial charge in [0.05, 0.1) is 0 Å². The van der Waals surface area contributed by atoms with Gasteiger partial charge in [-0.05, 0) is 0 Å². The molecule has 0 atom stereocenters. The molecule has 0 aromatic carbocycles. The second-order valence-electron chi connectivity index (χ2n) is 0.898. The van der Waals surface area contributed by atoms with Crippen molar-refractivity contribution < 1.29 is 26.3 Å². The zero-order valence-corrected chi connectivity index (χ0v) is 8.47. The van der Waals surface area contributed by atoms with Crippen molar-refractivity contribution in [3.8, 4) is 0 Å². The molecular formula is C4H6I2NO-. The summed E-state index contributed by atoms with van der Waals surface area (Å²) in [5, 5.41) is 0. The normalized spacial score (nSPS) is 8.62. The van der Waals surface area contributed by atoms with E-state index in [4.69, 9.17) is 0 Å². The third-order valence-corrected chi connectivity index (χ3v) is 3.53. The fourth-order valence-corrected chi connectivity index (χ4v) is 1.84. The van der Waals surface area contributed by atoms with Crippen molar-refractivity contribution in [3.05, 3.63) is 12.7 Å². The van der Waals surface area contributed by atoms with Gasteiger partial charge in [-0.2, -0.15) is 0 Å². The Kier molecular flexibility index (Phi) is 6.29. The Morgan fingerprint density at radius 2 is 2.62 bits per heavy atom. The van der Waals surface area contributed by atoms with E-state index in [0.717, 1.165) is 2.43 Å². The first-order valence-electron chi connectivity index (χ1n) is 1.87. The van der Waals surface area contributed by atoms with Crippen LogP contribution in [0.3, 0.4) is 0 Å². The molecule has 0 radical (unpaired) electrons. The first kappa shape index (κ1) is 8.67. The van der Waals surface area contributed by atoms with Crippen molar-refractivity contribution in [3.63, 3.8) is 0 Å². The molecule has 0 bridgehead atoms. The summed E-state index contributed by atoms with van der Waals surface area (Å²) in [6.45, 7) is 3.32. The summed E-state index contributed by atoms with van der Waals surface area (Å²) < 4.78 is 3.78. The third-order valence-electron chi connectivity index (χ3n) is 0.396. The van der Waals surface area contributed by atoms with Crippen molar-refractivity contribution in [2.45, 2.75) is 0 Å². The van der Waals surface area contributed by atoms with Gasteiger partial charge >= 0.3 is 73.4 Å². The average molecular weight is 338 g/mol. The van der Waals surface area contributed by atoms with Crippen LogP contribution in [-0.2, 0) is 4.79 Å². The molecule has 0 heterocycles.